The van der Waals surface area contributed by atoms with Crippen LogP contribution in [0.3, 0.4) is 0 Å². The van der Waals surface area contributed by atoms with Gasteiger partial charge in [0.25, 0.3) is 15.7 Å². The molecule has 2 aromatic carbocycles. The zero-order valence-corrected chi connectivity index (χ0v) is 22.4. The average Bonchev–Trinajstić information content (AvgIpc) is 2.67. The molecule has 12 heteroatoms. The maximum absolute atomic E-state index is 13.2. The van der Waals surface area contributed by atoms with Crippen molar-refractivity contribution in [1.82, 2.24) is 0 Å². The van der Waals surface area contributed by atoms with Crippen LogP contribution in [-0.4, -0.2) is 35.2 Å². The van der Waals surface area contributed by atoms with E-state index in [0.717, 1.165) is 6.07 Å². The minimum absolute atomic E-state index is 0.102. The minimum atomic E-state index is -5.63. The molecular formula is C23H27ClF3NO5S2. The number of carbonyl (C=O) groups is 1. The number of alkyl halides is 3. The summed E-state index contributed by atoms with van der Waals surface area (Å²) in [6, 6.07) is 3.80. The third-order valence-corrected chi connectivity index (χ3v) is 8.76. The maximum atomic E-state index is 13.2. The molecule has 2 N–H and O–H groups in total. The average molecular weight is 554 g/mol. The van der Waals surface area contributed by atoms with Gasteiger partial charge in [-0.15, -0.1) is 0 Å². The number of halogens is 4. The summed E-state index contributed by atoms with van der Waals surface area (Å²) in [6.45, 7) is 10.8. The molecule has 1 atom stereocenters. The van der Waals surface area contributed by atoms with E-state index in [1.165, 1.54) is 6.92 Å². The van der Waals surface area contributed by atoms with Crippen LogP contribution in [-0.2, 0) is 26.4 Å². The molecule has 1 unspecified atom stereocenters. The Bertz CT molecular complexity index is 1240. The highest BCUT2D eigenvalue weighted by Crippen LogP contribution is 2.40. The lowest BCUT2D eigenvalue weighted by molar-refractivity contribution is -0.0436. The highest BCUT2D eigenvalue weighted by atomic mass is 35.5. The van der Waals surface area contributed by atoms with Crippen LogP contribution in [0, 0.1) is 12.8 Å². The lowest BCUT2D eigenvalue weighted by Gasteiger charge is -2.25. The van der Waals surface area contributed by atoms with Crippen molar-refractivity contribution in [2.75, 3.05) is 11.1 Å². The van der Waals surface area contributed by atoms with E-state index in [2.05, 4.69) is 5.32 Å². The van der Waals surface area contributed by atoms with E-state index in [0.29, 0.717) is 28.3 Å². The Morgan fingerprint density at radius 2 is 1.77 bits per heavy atom. The minimum Gasteiger partial charge on any atom is -0.611 e. The maximum Gasteiger partial charge on any atom is 0.501 e. The number of nitrogens with one attached hydrogen (secondary N) is 1. The van der Waals surface area contributed by atoms with Crippen molar-refractivity contribution in [3.63, 3.8) is 0 Å². The quantitative estimate of drug-likeness (QED) is 0.429. The number of amides is 1. The molecule has 0 bridgehead atoms. The van der Waals surface area contributed by atoms with E-state index in [1.807, 2.05) is 34.6 Å². The molecule has 0 fully saturated rings. The summed E-state index contributed by atoms with van der Waals surface area (Å²) in [4.78, 5) is 12.5. The van der Waals surface area contributed by atoms with E-state index in [-0.39, 0.29) is 28.5 Å². The van der Waals surface area contributed by atoms with Gasteiger partial charge in [-0.05, 0) is 47.6 Å². The number of aromatic hydroxyl groups is 1. The van der Waals surface area contributed by atoms with Crippen LogP contribution in [0.5, 0.6) is 5.75 Å². The Morgan fingerprint density at radius 1 is 1.20 bits per heavy atom. The fourth-order valence-corrected chi connectivity index (χ4v) is 5.86. The number of hydrogen-bond donors (Lipinski definition) is 2. The first-order chi connectivity index (χ1) is 15.8. The molecule has 0 saturated heterocycles. The lowest BCUT2D eigenvalue weighted by atomic mass is 9.84. The second-order valence-electron chi connectivity index (χ2n) is 9.47. The molecule has 0 spiro atoms. The molecule has 6 nitrogen and oxygen atoms in total. The standard InChI is InChI=1S/C23H27ClF3NO5S2/c1-12(2)11-34(31)18-10-15(22(4,5)6)20(29)19(13(18)3)21(30)28-17-8-7-14(9-16(17)24)35(32,33)23(25,26)27/h7-10,12,29H,11H2,1-6H3,(H,28,30). The van der Waals surface area contributed by atoms with E-state index in [1.54, 1.807) is 6.07 Å². The van der Waals surface area contributed by atoms with Crippen molar-refractivity contribution in [2.24, 2.45) is 5.92 Å². The van der Waals surface area contributed by atoms with Crippen LogP contribution in [0.1, 0.15) is 56.1 Å². The molecule has 0 aromatic heterocycles. The number of phenols is 1. The fourth-order valence-electron chi connectivity index (χ4n) is 3.30. The molecule has 2 rings (SSSR count). The van der Waals surface area contributed by atoms with Crippen molar-refractivity contribution in [3.8, 4) is 5.75 Å². The van der Waals surface area contributed by atoms with E-state index < -0.39 is 47.8 Å². The molecule has 35 heavy (non-hydrogen) atoms. The smallest absolute Gasteiger partial charge is 0.501 e. The van der Waals surface area contributed by atoms with Gasteiger partial charge in [-0.3, -0.25) is 4.79 Å². The van der Waals surface area contributed by atoms with Crippen LogP contribution in [0.4, 0.5) is 18.9 Å². The molecule has 1 amide bonds. The van der Waals surface area contributed by atoms with Gasteiger partial charge in [0.2, 0.25) is 0 Å². The van der Waals surface area contributed by atoms with Gasteiger partial charge in [-0.25, -0.2) is 8.42 Å². The summed E-state index contributed by atoms with van der Waals surface area (Å²) in [5.74, 6) is -0.742. The summed E-state index contributed by atoms with van der Waals surface area (Å²) in [5.41, 5.74) is -5.79. The SMILES string of the molecule is Cc1c([S+]([O-])CC(C)C)cc(C(C)(C)C)c(O)c1C(=O)Nc1ccc(S(=O)(=O)C(F)(F)F)cc1Cl. The van der Waals surface area contributed by atoms with E-state index in [4.69, 9.17) is 11.6 Å². The van der Waals surface area contributed by atoms with Gasteiger partial charge in [0.1, 0.15) is 11.5 Å². The highest BCUT2D eigenvalue weighted by Gasteiger charge is 2.47. The molecule has 194 valence electrons. The Labute approximate surface area is 211 Å². The fraction of sp³-hybridized carbons (Fsp3) is 0.435. The Hall–Kier alpha value is -1.95. The van der Waals surface area contributed by atoms with Gasteiger partial charge in [-0.1, -0.05) is 46.2 Å². The molecule has 0 radical (unpaired) electrons. The predicted octanol–water partition coefficient (Wildman–Crippen LogP) is 5.96. The first-order valence-electron chi connectivity index (χ1n) is 10.5. The van der Waals surface area contributed by atoms with E-state index in [9.17, 15) is 36.0 Å². The van der Waals surface area contributed by atoms with Gasteiger partial charge >= 0.3 is 5.51 Å². The Balaban J connectivity index is 2.58. The first-order valence-corrected chi connectivity index (χ1v) is 13.6. The summed E-state index contributed by atoms with van der Waals surface area (Å²) in [5, 5.41) is 12.9. The third-order valence-electron chi connectivity index (χ3n) is 5.08. The van der Waals surface area contributed by atoms with Gasteiger partial charge < -0.3 is 15.0 Å². The molecule has 0 aliphatic carbocycles. The predicted molar refractivity (Wildman–Crippen MR) is 130 cm³/mol. The van der Waals surface area contributed by atoms with Gasteiger partial charge in [0.05, 0.1) is 21.2 Å². The number of benzene rings is 2. The second kappa shape index (κ2) is 10.2. The number of sulfone groups is 1. The van der Waals surface area contributed by atoms with Crippen molar-refractivity contribution < 1.29 is 36.0 Å². The zero-order valence-electron chi connectivity index (χ0n) is 20.0. The normalized spacial score (nSPS) is 13.7. The van der Waals surface area contributed by atoms with Gasteiger partial charge in [0.15, 0.2) is 4.90 Å². The van der Waals surface area contributed by atoms with Crippen LogP contribution >= 0.6 is 11.6 Å². The van der Waals surface area contributed by atoms with Gasteiger partial charge in [0, 0.05) is 17.2 Å². The molecule has 2 aromatic rings. The number of hydrogen-bond acceptors (Lipinski definition) is 5. The molecule has 0 saturated carbocycles. The molecular weight excluding hydrogens is 527 g/mol. The van der Waals surface area contributed by atoms with Crippen LogP contribution in [0.2, 0.25) is 5.02 Å². The van der Waals surface area contributed by atoms with E-state index >= 15 is 0 Å². The van der Waals surface area contributed by atoms with Crippen molar-refractivity contribution in [1.29, 1.82) is 0 Å². The van der Waals surface area contributed by atoms with Crippen molar-refractivity contribution in [3.05, 3.63) is 46.0 Å². The van der Waals surface area contributed by atoms with Crippen LogP contribution < -0.4 is 5.32 Å². The monoisotopic (exact) mass is 553 g/mol. The number of rotatable bonds is 6. The Kier molecular flexibility index (Phi) is 8.53. The summed E-state index contributed by atoms with van der Waals surface area (Å²) in [7, 11) is -5.63. The topological polar surface area (TPSA) is 107 Å². The van der Waals surface area contributed by atoms with Crippen molar-refractivity contribution in [2.45, 2.75) is 62.3 Å². The number of anilines is 1. The summed E-state index contributed by atoms with van der Waals surface area (Å²) >= 11 is 4.51. The van der Waals surface area contributed by atoms with Gasteiger partial charge in [-0.2, -0.15) is 13.2 Å². The van der Waals surface area contributed by atoms with Crippen LogP contribution in [0.15, 0.2) is 34.1 Å². The lowest BCUT2D eigenvalue weighted by Crippen LogP contribution is -2.23. The highest BCUT2D eigenvalue weighted by molar-refractivity contribution is 7.92. The Morgan fingerprint density at radius 3 is 2.23 bits per heavy atom. The first kappa shape index (κ1) is 29.3. The zero-order chi connectivity index (χ0) is 27.1. The molecule has 0 aliphatic heterocycles. The molecule has 0 heterocycles. The summed E-state index contributed by atoms with van der Waals surface area (Å²) < 4.78 is 74.8. The largest absolute Gasteiger partial charge is 0.611 e. The van der Waals surface area contributed by atoms with Crippen LogP contribution in [0.25, 0.3) is 0 Å². The van der Waals surface area contributed by atoms with Crippen molar-refractivity contribution >= 4 is 44.2 Å². The number of carbonyl (C=O) groups excluding carboxylic acids is 1. The second-order valence-corrected chi connectivity index (χ2v) is 13.3. The summed E-state index contributed by atoms with van der Waals surface area (Å²) in [6.07, 6.45) is 0. The number of phenolic OH excluding ortho intramolecular Hbond substituents is 1. The molecule has 0 aliphatic rings. The third kappa shape index (κ3) is 6.25.